The van der Waals surface area contributed by atoms with Crippen molar-refractivity contribution in [2.24, 2.45) is 0 Å². The third-order valence-corrected chi connectivity index (χ3v) is 4.72. The van der Waals surface area contributed by atoms with Crippen molar-refractivity contribution in [3.8, 4) is 0 Å². The van der Waals surface area contributed by atoms with Gasteiger partial charge in [-0.05, 0) is 25.7 Å². The van der Waals surface area contributed by atoms with Crippen molar-refractivity contribution in [3.05, 3.63) is 0 Å². The van der Waals surface area contributed by atoms with Crippen LogP contribution in [0.4, 0.5) is 0 Å². The minimum absolute atomic E-state index is 0.0825. The van der Waals surface area contributed by atoms with Gasteiger partial charge in [0.1, 0.15) is 0 Å². The maximum atomic E-state index is 10.7. The number of carboxylic acids is 2. The first-order valence-electron chi connectivity index (χ1n) is 10.6. The second-order valence-electron chi connectivity index (χ2n) is 6.89. The zero-order valence-corrected chi connectivity index (χ0v) is 19.0. The lowest BCUT2D eigenvalue weighted by Gasteiger charge is -2.15. The normalized spacial score (nSPS) is 11.5. The zero-order valence-electron chi connectivity index (χ0n) is 17.4. The van der Waals surface area contributed by atoms with Crippen molar-refractivity contribution in [1.82, 2.24) is 0 Å². The molecule has 0 aromatic heterocycles. The van der Waals surface area contributed by atoms with Gasteiger partial charge < -0.3 is 14.9 Å². The van der Waals surface area contributed by atoms with E-state index in [4.69, 9.17) is 14.9 Å². The van der Waals surface area contributed by atoms with Crippen LogP contribution in [0.25, 0.3) is 0 Å². The molecule has 6 heteroatoms. The molecule has 5 nitrogen and oxygen atoms in total. The van der Waals surface area contributed by atoms with Gasteiger partial charge in [0.25, 0.3) is 0 Å². The number of unbranched alkanes of at least 4 members (excludes halogenated alkanes) is 8. The number of halogens is 1. The largest absolute Gasteiger partial charge is 0.481 e. The average molecular weight is 453 g/mol. The fourth-order valence-corrected chi connectivity index (χ4v) is 2.96. The van der Waals surface area contributed by atoms with Crippen LogP contribution in [0.1, 0.15) is 104 Å². The Morgan fingerprint density at radius 1 is 0.815 bits per heavy atom. The van der Waals surface area contributed by atoms with Gasteiger partial charge in [-0.1, -0.05) is 81.1 Å². The molecule has 0 saturated carbocycles. The van der Waals surface area contributed by atoms with E-state index < -0.39 is 11.9 Å². The first kappa shape index (κ1) is 28.6. The second-order valence-corrected chi connectivity index (χ2v) is 7.69. The molecule has 0 aliphatic heterocycles. The van der Waals surface area contributed by atoms with E-state index in [0.29, 0.717) is 13.0 Å². The molecule has 1 unspecified atom stereocenters. The molecule has 0 aromatic rings. The summed E-state index contributed by atoms with van der Waals surface area (Å²) in [5.41, 5.74) is 0. The molecule has 0 amide bonds. The summed E-state index contributed by atoms with van der Waals surface area (Å²) in [5, 5.41) is 18.1. The van der Waals surface area contributed by atoms with Gasteiger partial charge in [0.2, 0.25) is 0 Å². The van der Waals surface area contributed by atoms with Crippen molar-refractivity contribution < 1.29 is 24.5 Å². The lowest BCUT2D eigenvalue weighted by molar-refractivity contribution is -0.140. The average Bonchev–Trinajstić information content (AvgIpc) is 2.61. The van der Waals surface area contributed by atoms with Crippen LogP contribution in [-0.2, 0) is 14.3 Å². The smallest absolute Gasteiger partial charge is 0.305 e. The molecule has 0 spiro atoms. The first-order chi connectivity index (χ1) is 13.0. The summed E-state index contributed by atoms with van der Waals surface area (Å²) in [5.74, 6) is -1.43. The number of rotatable bonds is 18. The fraction of sp³-hybridized carbons (Fsp3) is 0.905. The Morgan fingerprint density at radius 3 is 1.96 bits per heavy atom. The summed E-state index contributed by atoms with van der Waals surface area (Å²) in [7, 11) is 0. The summed E-state index contributed by atoms with van der Waals surface area (Å²) in [4.78, 5) is 20.7. The van der Waals surface area contributed by atoms with Crippen LogP contribution < -0.4 is 0 Å². The molecule has 2 N–H and O–H groups in total. The second kappa shape index (κ2) is 23.4. The third-order valence-electron chi connectivity index (χ3n) is 4.16. The number of hydrogen-bond donors (Lipinski definition) is 2. The first-order valence-corrected chi connectivity index (χ1v) is 11.7. The van der Waals surface area contributed by atoms with Crippen LogP contribution in [0.5, 0.6) is 0 Å². The topological polar surface area (TPSA) is 83.8 Å². The molecule has 0 saturated heterocycles. The maximum Gasteiger partial charge on any atom is 0.305 e. The third kappa shape index (κ3) is 27.7. The van der Waals surface area contributed by atoms with Gasteiger partial charge in [-0.15, -0.1) is 0 Å². The molecule has 0 heterocycles. The number of carboxylic acid groups (broad SMARTS) is 2. The standard InChI is InChI=1S/C13H26O3.C8H15BrO2/c1-3-5-7-9-12(11-13(14)15)16-10-8-6-4-2;9-7-5-3-1-2-4-6-8(10)11/h12H,3-11H2,1-2H3,(H,14,15);1-7H2,(H,10,11). The van der Waals surface area contributed by atoms with E-state index in [1.807, 2.05) is 0 Å². The van der Waals surface area contributed by atoms with Crippen molar-refractivity contribution >= 4 is 27.9 Å². The van der Waals surface area contributed by atoms with E-state index in [9.17, 15) is 9.59 Å². The van der Waals surface area contributed by atoms with Gasteiger partial charge in [-0.2, -0.15) is 0 Å². The molecule has 1 atom stereocenters. The number of ether oxygens (including phenoxy) is 1. The molecule has 0 radical (unpaired) electrons. The minimum Gasteiger partial charge on any atom is -0.481 e. The van der Waals surface area contributed by atoms with Gasteiger partial charge in [0.05, 0.1) is 12.5 Å². The molecule has 162 valence electrons. The van der Waals surface area contributed by atoms with Gasteiger partial charge in [-0.3, -0.25) is 9.59 Å². The Labute approximate surface area is 174 Å². The fourth-order valence-electron chi connectivity index (χ4n) is 2.56. The lowest BCUT2D eigenvalue weighted by atomic mass is 10.1. The van der Waals surface area contributed by atoms with Gasteiger partial charge in [-0.25, -0.2) is 0 Å². The molecule has 0 aliphatic rings. The predicted octanol–water partition coefficient (Wildman–Crippen LogP) is 6.42. The van der Waals surface area contributed by atoms with Crippen molar-refractivity contribution in [3.63, 3.8) is 0 Å². The molecule has 27 heavy (non-hydrogen) atoms. The maximum absolute atomic E-state index is 10.7. The molecular formula is C21H41BrO5. The molecule has 0 rings (SSSR count). The van der Waals surface area contributed by atoms with Gasteiger partial charge in [0, 0.05) is 18.4 Å². The minimum atomic E-state index is -0.753. The van der Waals surface area contributed by atoms with E-state index in [-0.39, 0.29) is 12.5 Å². The highest BCUT2D eigenvalue weighted by atomic mass is 79.9. The lowest BCUT2D eigenvalue weighted by Crippen LogP contribution is -2.18. The van der Waals surface area contributed by atoms with Crippen molar-refractivity contribution in [2.45, 2.75) is 110 Å². The molecule has 0 aromatic carbocycles. The van der Waals surface area contributed by atoms with Crippen LogP contribution in [0.15, 0.2) is 0 Å². The van der Waals surface area contributed by atoms with Gasteiger partial charge in [0.15, 0.2) is 0 Å². The molecule has 0 bridgehead atoms. The Balaban J connectivity index is 0. The van der Waals surface area contributed by atoms with E-state index in [1.165, 1.54) is 25.7 Å². The van der Waals surface area contributed by atoms with Crippen LogP contribution in [-0.4, -0.2) is 40.2 Å². The summed E-state index contributed by atoms with van der Waals surface area (Å²) in [6.45, 7) is 5.00. The molecule has 0 aliphatic carbocycles. The van der Waals surface area contributed by atoms with Crippen LogP contribution >= 0.6 is 15.9 Å². The van der Waals surface area contributed by atoms with Crippen LogP contribution in [0, 0.1) is 0 Å². The molecular weight excluding hydrogens is 412 g/mol. The Morgan fingerprint density at radius 2 is 1.41 bits per heavy atom. The van der Waals surface area contributed by atoms with E-state index in [2.05, 4.69) is 29.8 Å². The molecule has 0 fully saturated rings. The highest BCUT2D eigenvalue weighted by Gasteiger charge is 2.12. The summed E-state index contributed by atoms with van der Waals surface area (Å²) in [6.07, 6.45) is 13.5. The van der Waals surface area contributed by atoms with Gasteiger partial charge >= 0.3 is 11.9 Å². The van der Waals surface area contributed by atoms with Crippen LogP contribution in [0.2, 0.25) is 0 Å². The van der Waals surface area contributed by atoms with E-state index in [1.54, 1.807) is 0 Å². The quantitative estimate of drug-likeness (QED) is 0.185. The Hall–Kier alpha value is -0.620. The zero-order chi connectivity index (χ0) is 20.8. The summed E-state index contributed by atoms with van der Waals surface area (Å²) >= 11 is 3.35. The van der Waals surface area contributed by atoms with E-state index >= 15 is 0 Å². The SMILES string of the molecule is CCCCCOC(CCCCC)CC(=O)O.O=C(O)CCCCCCCBr. The Kier molecular flexibility index (Phi) is 24.8. The summed E-state index contributed by atoms with van der Waals surface area (Å²) < 4.78 is 5.62. The van der Waals surface area contributed by atoms with Crippen molar-refractivity contribution in [1.29, 1.82) is 0 Å². The highest BCUT2D eigenvalue weighted by Crippen LogP contribution is 2.11. The summed E-state index contributed by atoms with van der Waals surface area (Å²) in [6, 6.07) is 0. The van der Waals surface area contributed by atoms with Crippen LogP contribution in [0.3, 0.4) is 0 Å². The number of aliphatic carboxylic acids is 2. The number of carbonyl (C=O) groups is 2. The van der Waals surface area contributed by atoms with Crippen molar-refractivity contribution in [2.75, 3.05) is 11.9 Å². The highest BCUT2D eigenvalue weighted by molar-refractivity contribution is 9.09. The monoisotopic (exact) mass is 452 g/mol. The number of hydrogen-bond acceptors (Lipinski definition) is 3. The predicted molar refractivity (Wildman–Crippen MR) is 115 cm³/mol. The Bertz CT molecular complexity index is 337. The number of alkyl halides is 1. The van der Waals surface area contributed by atoms with E-state index in [0.717, 1.165) is 56.7 Å².